The molecular weight excluding hydrogens is 293 g/mol. The van der Waals surface area contributed by atoms with Gasteiger partial charge in [0.2, 0.25) is 0 Å². The Morgan fingerprint density at radius 3 is 3.29 bits per heavy atom. The summed E-state index contributed by atoms with van der Waals surface area (Å²) in [4.78, 5) is 13.6. The molecule has 14 heavy (non-hydrogen) atoms. The topological polar surface area (TPSA) is 29.5 Å². The second-order valence-corrected chi connectivity index (χ2v) is 4.92. The fraction of sp³-hybridized carbons (Fsp3) is 0.500. The van der Waals surface area contributed by atoms with Gasteiger partial charge >= 0.3 is 0 Å². The monoisotopic (exact) mass is 305 g/mol. The lowest BCUT2D eigenvalue weighted by atomic mass is 10.0. The number of rotatable bonds is 3. The molecule has 1 fully saturated rings. The summed E-state index contributed by atoms with van der Waals surface area (Å²) in [5, 5.41) is 0. The number of carbonyl (C=O) groups is 1. The van der Waals surface area contributed by atoms with Crippen molar-refractivity contribution in [3.8, 4) is 0 Å². The highest BCUT2D eigenvalue weighted by Crippen LogP contribution is 2.31. The van der Waals surface area contributed by atoms with Crippen LogP contribution in [0.5, 0.6) is 0 Å². The zero-order chi connectivity index (χ0) is 10.1. The van der Waals surface area contributed by atoms with Crippen LogP contribution in [0.15, 0.2) is 22.3 Å². The van der Waals surface area contributed by atoms with Gasteiger partial charge in [0.25, 0.3) is 5.91 Å². The van der Waals surface area contributed by atoms with Crippen LogP contribution < -0.4 is 0 Å². The predicted molar refractivity (Wildman–Crippen MR) is 62.1 cm³/mol. The van der Waals surface area contributed by atoms with Gasteiger partial charge in [-0.2, -0.15) is 0 Å². The van der Waals surface area contributed by atoms with Crippen molar-refractivity contribution < 1.29 is 9.53 Å². The number of hydrogen-bond acceptors (Lipinski definition) is 2. The third-order valence-corrected chi connectivity index (χ3v) is 3.21. The van der Waals surface area contributed by atoms with Gasteiger partial charge in [0.15, 0.2) is 0 Å². The van der Waals surface area contributed by atoms with Crippen molar-refractivity contribution in [1.29, 1.82) is 0 Å². The summed E-state index contributed by atoms with van der Waals surface area (Å²) in [7, 11) is 0. The SMILES string of the molecule is C=CCOC1C(=O)N2CC(I)=CC1C2. The fourth-order valence-corrected chi connectivity index (χ4v) is 2.79. The molecule has 2 heterocycles. The largest absolute Gasteiger partial charge is 0.364 e. The minimum atomic E-state index is -0.278. The van der Waals surface area contributed by atoms with Crippen LogP contribution in [0.4, 0.5) is 0 Å². The van der Waals surface area contributed by atoms with Crippen molar-refractivity contribution in [1.82, 2.24) is 4.90 Å². The van der Waals surface area contributed by atoms with Crippen molar-refractivity contribution >= 4 is 28.5 Å². The molecular formula is C10H12INO2. The number of amides is 1. The second kappa shape index (κ2) is 4.02. The summed E-state index contributed by atoms with van der Waals surface area (Å²) >= 11 is 2.28. The van der Waals surface area contributed by atoms with Crippen molar-refractivity contribution in [2.45, 2.75) is 6.10 Å². The van der Waals surface area contributed by atoms with Crippen LogP contribution in [0.3, 0.4) is 0 Å². The van der Waals surface area contributed by atoms with Gasteiger partial charge in [-0.3, -0.25) is 4.79 Å². The van der Waals surface area contributed by atoms with Gasteiger partial charge in [-0.1, -0.05) is 12.2 Å². The van der Waals surface area contributed by atoms with E-state index in [9.17, 15) is 4.79 Å². The minimum Gasteiger partial charge on any atom is -0.364 e. The lowest BCUT2D eigenvalue weighted by Gasteiger charge is -2.19. The lowest BCUT2D eigenvalue weighted by molar-refractivity contribution is -0.136. The third-order valence-electron chi connectivity index (χ3n) is 2.51. The molecule has 76 valence electrons. The van der Waals surface area contributed by atoms with E-state index in [0.717, 1.165) is 13.1 Å². The summed E-state index contributed by atoms with van der Waals surface area (Å²) in [5.74, 6) is 0.364. The van der Waals surface area contributed by atoms with E-state index >= 15 is 0 Å². The normalized spacial score (nSPS) is 30.5. The highest BCUT2D eigenvalue weighted by atomic mass is 127. The van der Waals surface area contributed by atoms with Crippen molar-refractivity contribution in [3.63, 3.8) is 0 Å². The smallest absolute Gasteiger partial charge is 0.252 e. The molecule has 0 saturated carbocycles. The van der Waals surface area contributed by atoms with E-state index in [4.69, 9.17) is 4.74 Å². The van der Waals surface area contributed by atoms with Gasteiger partial charge in [0, 0.05) is 16.0 Å². The molecule has 1 saturated heterocycles. The molecule has 0 aromatic carbocycles. The summed E-state index contributed by atoms with van der Waals surface area (Å²) in [6.45, 7) is 5.60. The summed E-state index contributed by atoms with van der Waals surface area (Å²) in [6, 6.07) is 0. The number of nitrogens with zero attached hydrogens (tertiary/aromatic N) is 1. The van der Waals surface area contributed by atoms with Gasteiger partial charge < -0.3 is 9.64 Å². The van der Waals surface area contributed by atoms with Gasteiger partial charge in [0.05, 0.1) is 13.2 Å². The predicted octanol–water partition coefficient (Wildman–Crippen LogP) is 1.35. The van der Waals surface area contributed by atoms with Crippen LogP contribution in [0, 0.1) is 5.92 Å². The minimum absolute atomic E-state index is 0.125. The van der Waals surface area contributed by atoms with Crippen LogP contribution in [0.25, 0.3) is 0 Å². The van der Waals surface area contributed by atoms with Gasteiger partial charge in [-0.15, -0.1) is 6.58 Å². The zero-order valence-electron chi connectivity index (χ0n) is 7.78. The zero-order valence-corrected chi connectivity index (χ0v) is 9.94. The van der Waals surface area contributed by atoms with E-state index in [1.54, 1.807) is 6.08 Å². The maximum Gasteiger partial charge on any atom is 0.252 e. The van der Waals surface area contributed by atoms with Crippen LogP contribution >= 0.6 is 22.6 Å². The number of hydrogen-bond donors (Lipinski definition) is 0. The third kappa shape index (κ3) is 1.72. The van der Waals surface area contributed by atoms with Crippen molar-refractivity contribution in [2.75, 3.05) is 19.7 Å². The van der Waals surface area contributed by atoms with Gasteiger partial charge in [-0.05, 0) is 22.6 Å². The molecule has 2 rings (SSSR count). The Hall–Kier alpha value is -0.360. The van der Waals surface area contributed by atoms with E-state index in [0.29, 0.717) is 6.61 Å². The molecule has 0 aromatic rings. The average molecular weight is 305 g/mol. The molecule has 1 amide bonds. The Kier molecular flexibility index (Phi) is 2.92. The van der Waals surface area contributed by atoms with Crippen molar-refractivity contribution in [3.05, 3.63) is 22.3 Å². The van der Waals surface area contributed by atoms with E-state index in [2.05, 4.69) is 35.2 Å². The lowest BCUT2D eigenvalue weighted by Crippen LogP contribution is -2.31. The maximum atomic E-state index is 11.8. The molecule has 0 aromatic heterocycles. The van der Waals surface area contributed by atoms with Crippen LogP contribution in [-0.2, 0) is 9.53 Å². The second-order valence-electron chi connectivity index (χ2n) is 3.54. The average Bonchev–Trinajstić information content (AvgIpc) is 2.37. The van der Waals surface area contributed by atoms with E-state index in [-0.39, 0.29) is 17.9 Å². The highest BCUT2D eigenvalue weighted by molar-refractivity contribution is 14.1. The molecule has 0 N–H and O–H groups in total. The molecule has 2 aliphatic heterocycles. The quantitative estimate of drug-likeness (QED) is 0.582. The Morgan fingerprint density at radius 2 is 2.57 bits per heavy atom. The van der Waals surface area contributed by atoms with E-state index in [1.165, 1.54) is 3.58 Å². The molecule has 2 atom stereocenters. The van der Waals surface area contributed by atoms with E-state index in [1.807, 2.05) is 4.90 Å². The Bertz CT molecular complexity index is 300. The van der Waals surface area contributed by atoms with Crippen LogP contribution in [-0.4, -0.2) is 36.6 Å². The number of carbonyl (C=O) groups excluding carboxylic acids is 1. The molecule has 3 nitrogen and oxygen atoms in total. The van der Waals surface area contributed by atoms with E-state index < -0.39 is 0 Å². The molecule has 0 radical (unpaired) electrons. The fourth-order valence-electron chi connectivity index (χ4n) is 1.92. The molecule has 2 aliphatic rings. The first-order valence-corrected chi connectivity index (χ1v) is 5.67. The Morgan fingerprint density at radius 1 is 1.79 bits per heavy atom. The Balaban J connectivity index is 2.11. The molecule has 0 aliphatic carbocycles. The summed E-state index contributed by atoms with van der Waals surface area (Å²) in [6.07, 6.45) is 3.55. The Labute approximate surface area is 96.9 Å². The molecule has 2 unspecified atom stereocenters. The maximum absolute atomic E-state index is 11.8. The number of halogens is 1. The number of fused-ring (bicyclic) bond motifs is 2. The molecule has 0 spiro atoms. The first kappa shape index (κ1) is 10.2. The first-order valence-electron chi connectivity index (χ1n) is 4.60. The highest BCUT2D eigenvalue weighted by Gasteiger charge is 2.42. The molecule has 4 heteroatoms. The summed E-state index contributed by atoms with van der Waals surface area (Å²) in [5.41, 5.74) is 0. The first-order chi connectivity index (χ1) is 6.72. The van der Waals surface area contributed by atoms with Crippen LogP contribution in [0.2, 0.25) is 0 Å². The van der Waals surface area contributed by atoms with Crippen LogP contribution in [0.1, 0.15) is 0 Å². The van der Waals surface area contributed by atoms with Crippen molar-refractivity contribution in [2.24, 2.45) is 5.92 Å². The standard InChI is InChI=1S/C10H12INO2/c1-2-3-14-9-7-4-8(11)6-12(5-7)10(9)13/h2,4,7,9H,1,3,5-6H2. The van der Waals surface area contributed by atoms with Gasteiger partial charge in [-0.25, -0.2) is 0 Å². The molecule has 2 bridgehead atoms. The van der Waals surface area contributed by atoms with Gasteiger partial charge in [0.1, 0.15) is 6.10 Å². The summed E-state index contributed by atoms with van der Waals surface area (Å²) < 4.78 is 6.70. The number of ether oxygens (including phenoxy) is 1.